The van der Waals surface area contributed by atoms with E-state index < -0.39 is 0 Å². The van der Waals surface area contributed by atoms with E-state index >= 15 is 0 Å². The van der Waals surface area contributed by atoms with Crippen LogP contribution in [0.1, 0.15) is 29.2 Å². The first kappa shape index (κ1) is 14.8. The van der Waals surface area contributed by atoms with Gasteiger partial charge in [-0.15, -0.1) is 16.4 Å². The largest absolute Gasteiger partial charge is 0.310 e. The topological polar surface area (TPSA) is 68.5 Å². The van der Waals surface area contributed by atoms with E-state index in [-0.39, 0.29) is 0 Å². The minimum absolute atomic E-state index is 0.294. The van der Waals surface area contributed by atoms with Gasteiger partial charge >= 0.3 is 0 Å². The predicted molar refractivity (Wildman–Crippen MR) is 86.1 cm³/mol. The average molecular weight is 314 g/mol. The molecule has 1 N–H and O–H groups in total. The van der Waals surface area contributed by atoms with E-state index in [9.17, 15) is 0 Å². The average Bonchev–Trinajstić information content (AvgIpc) is 3.19. The fraction of sp³-hybridized carbons (Fsp3) is 0.333. The van der Waals surface area contributed by atoms with Gasteiger partial charge in [-0.3, -0.25) is 0 Å². The molecule has 22 heavy (non-hydrogen) atoms. The van der Waals surface area contributed by atoms with Crippen LogP contribution in [-0.4, -0.2) is 31.7 Å². The molecule has 0 aliphatic carbocycles. The molecule has 0 aliphatic heterocycles. The maximum Gasteiger partial charge on any atom is 0.143 e. The first-order valence-electron chi connectivity index (χ1n) is 7.20. The molecule has 0 fully saturated rings. The van der Waals surface area contributed by atoms with Crippen molar-refractivity contribution in [3.63, 3.8) is 0 Å². The second kappa shape index (κ2) is 6.76. The van der Waals surface area contributed by atoms with Crippen LogP contribution in [0, 0.1) is 6.92 Å². The van der Waals surface area contributed by atoms with Gasteiger partial charge in [0.1, 0.15) is 6.33 Å². The van der Waals surface area contributed by atoms with Crippen molar-refractivity contribution >= 4 is 11.3 Å². The van der Waals surface area contributed by atoms with Gasteiger partial charge in [0.05, 0.1) is 16.4 Å². The Morgan fingerprint density at radius 3 is 2.73 bits per heavy atom. The number of hydrogen-bond donors (Lipinski definition) is 1. The summed E-state index contributed by atoms with van der Waals surface area (Å²) in [5.74, 6) is 0. The maximum absolute atomic E-state index is 4.48. The van der Waals surface area contributed by atoms with E-state index in [1.54, 1.807) is 22.3 Å². The summed E-state index contributed by atoms with van der Waals surface area (Å²) in [7, 11) is 0. The second-order valence-corrected chi connectivity index (χ2v) is 6.19. The van der Waals surface area contributed by atoms with E-state index in [4.69, 9.17) is 0 Å². The van der Waals surface area contributed by atoms with E-state index in [1.165, 1.54) is 5.56 Å². The summed E-state index contributed by atoms with van der Waals surface area (Å²) in [6.07, 6.45) is 2.55. The van der Waals surface area contributed by atoms with Crippen LogP contribution in [0.15, 0.2) is 36.0 Å². The van der Waals surface area contributed by atoms with Crippen molar-refractivity contribution in [2.24, 2.45) is 0 Å². The molecule has 0 radical (unpaired) electrons. The summed E-state index contributed by atoms with van der Waals surface area (Å²) in [6, 6.07) is 8.53. The molecule has 0 saturated carbocycles. The Balaban J connectivity index is 1.54. The van der Waals surface area contributed by atoms with Crippen molar-refractivity contribution in [3.8, 4) is 5.69 Å². The Morgan fingerprint density at radius 2 is 2.09 bits per heavy atom. The fourth-order valence-electron chi connectivity index (χ4n) is 2.25. The molecule has 114 valence electrons. The van der Waals surface area contributed by atoms with Gasteiger partial charge in [0, 0.05) is 24.4 Å². The Kier molecular flexibility index (Phi) is 4.55. The number of nitrogens with one attached hydrogen (secondary N) is 1. The third-order valence-electron chi connectivity index (χ3n) is 3.50. The van der Waals surface area contributed by atoms with Crippen LogP contribution in [0.25, 0.3) is 5.69 Å². The third-order valence-corrected chi connectivity index (χ3v) is 4.33. The number of aryl methyl sites for hydroxylation is 1. The van der Waals surface area contributed by atoms with Crippen molar-refractivity contribution in [2.75, 3.05) is 6.54 Å². The van der Waals surface area contributed by atoms with Crippen molar-refractivity contribution < 1.29 is 0 Å². The molecule has 7 heteroatoms. The van der Waals surface area contributed by atoms with Crippen LogP contribution in [0.4, 0.5) is 0 Å². The molecule has 1 atom stereocenters. The molecule has 6 nitrogen and oxygen atoms in total. The Morgan fingerprint density at radius 1 is 1.27 bits per heavy atom. The Bertz CT molecular complexity index is 704. The molecular weight excluding hydrogens is 296 g/mol. The van der Waals surface area contributed by atoms with Crippen molar-refractivity contribution in [2.45, 2.75) is 26.3 Å². The van der Waals surface area contributed by atoms with Crippen LogP contribution >= 0.6 is 11.3 Å². The maximum atomic E-state index is 4.48. The summed E-state index contributed by atoms with van der Waals surface area (Å²) in [6.45, 7) is 5.12. The number of thiazole rings is 1. The van der Waals surface area contributed by atoms with Crippen LogP contribution in [0.3, 0.4) is 0 Å². The Hall–Kier alpha value is -2.12. The van der Waals surface area contributed by atoms with Gasteiger partial charge in [-0.1, -0.05) is 12.1 Å². The summed E-state index contributed by atoms with van der Waals surface area (Å²) in [5, 5.41) is 17.9. The molecule has 2 heterocycles. The highest BCUT2D eigenvalue weighted by Gasteiger charge is 2.06. The number of benzene rings is 1. The van der Waals surface area contributed by atoms with Crippen molar-refractivity contribution in [1.82, 2.24) is 30.5 Å². The smallest absolute Gasteiger partial charge is 0.143 e. The lowest BCUT2D eigenvalue weighted by atomic mass is 10.1. The lowest BCUT2D eigenvalue weighted by Gasteiger charge is -2.14. The first-order chi connectivity index (χ1) is 10.7. The van der Waals surface area contributed by atoms with Gasteiger partial charge < -0.3 is 5.32 Å². The van der Waals surface area contributed by atoms with Gasteiger partial charge in [0.2, 0.25) is 0 Å². The highest BCUT2D eigenvalue weighted by atomic mass is 32.1. The highest BCUT2D eigenvalue weighted by Crippen LogP contribution is 2.15. The van der Waals surface area contributed by atoms with E-state index in [2.05, 4.69) is 50.3 Å². The molecule has 2 aromatic heterocycles. The monoisotopic (exact) mass is 314 g/mol. The number of tetrazole rings is 1. The predicted octanol–water partition coefficient (Wildman–Crippen LogP) is 2.32. The highest BCUT2D eigenvalue weighted by molar-refractivity contribution is 7.09. The van der Waals surface area contributed by atoms with Gasteiger partial charge in [-0.05, 0) is 42.0 Å². The molecule has 0 saturated heterocycles. The van der Waals surface area contributed by atoms with E-state index in [0.29, 0.717) is 6.04 Å². The van der Waals surface area contributed by atoms with Crippen LogP contribution in [0.5, 0.6) is 0 Å². The summed E-state index contributed by atoms with van der Waals surface area (Å²) in [4.78, 5) is 4.48. The standard InChI is InChI=1S/C15H18N6S/c1-11(16-8-7-14-9-22-12(2)18-14)13-3-5-15(6-4-13)21-10-17-19-20-21/h3-6,9-11,16H,7-8H2,1-2H3/t11-/m1/s1. The van der Waals surface area contributed by atoms with Crippen LogP contribution in [-0.2, 0) is 6.42 Å². The molecule has 0 spiro atoms. The zero-order valence-corrected chi connectivity index (χ0v) is 13.4. The minimum atomic E-state index is 0.294. The Labute approximate surface area is 133 Å². The van der Waals surface area contributed by atoms with Crippen LogP contribution in [0.2, 0.25) is 0 Å². The first-order valence-corrected chi connectivity index (χ1v) is 8.08. The zero-order valence-electron chi connectivity index (χ0n) is 12.6. The summed E-state index contributed by atoms with van der Waals surface area (Å²) in [5.41, 5.74) is 3.36. The molecule has 0 unspecified atom stereocenters. The summed E-state index contributed by atoms with van der Waals surface area (Å²) >= 11 is 1.70. The van der Waals surface area contributed by atoms with Crippen molar-refractivity contribution in [1.29, 1.82) is 0 Å². The molecule has 3 aromatic rings. The lowest BCUT2D eigenvalue weighted by molar-refractivity contribution is 0.574. The van der Waals surface area contributed by atoms with E-state index in [1.807, 2.05) is 19.1 Å². The normalized spacial score (nSPS) is 12.5. The van der Waals surface area contributed by atoms with Gasteiger partial charge in [-0.2, -0.15) is 0 Å². The van der Waals surface area contributed by atoms with Gasteiger partial charge in [-0.25, -0.2) is 9.67 Å². The molecule has 3 rings (SSSR count). The van der Waals surface area contributed by atoms with Crippen LogP contribution < -0.4 is 5.32 Å². The van der Waals surface area contributed by atoms with Gasteiger partial charge in [0.15, 0.2) is 0 Å². The quantitative estimate of drug-likeness (QED) is 0.756. The molecule has 1 aromatic carbocycles. The van der Waals surface area contributed by atoms with Crippen molar-refractivity contribution in [3.05, 3.63) is 52.2 Å². The SMILES string of the molecule is Cc1nc(CCN[C@H](C)c2ccc(-n3cnnn3)cc2)cs1. The number of rotatable bonds is 6. The van der Waals surface area contributed by atoms with E-state index in [0.717, 1.165) is 29.4 Å². The molecule has 0 amide bonds. The number of aromatic nitrogens is 5. The fourth-order valence-corrected chi connectivity index (χ4v) is 2.90. The second-order valence-electron chi connectivity index (χ2n) is 5.13. The molecular formula is C15H18N6S. The minimum Gasteiger partial charge on any atom is -0.310 e. The molecule has 0 bridgehead atoms. The number of nitrogens with zero attached hydrogens (tertiary/aromatic N) is 5. The summed E-state index contributed by atoms with van der Waals surface area (Å²) < 4.78 is 1.65. The molecule has 0 aliphatic rings. The lowest BCUT2D eigenvalue weighted by Crippen LogP contribution is -2.21. The van der Waals surface area contributed by atoms with Gasteiger partial charge in [0.25, 0.3) is 0 Å². The number of hydrogen-bond acceptors (Lipinski definition) is 6. The zero-order chi connectivity index (χ0) is 15.4. The third kappa shape index (κ3) is 3.55.